The third-order valence-corrected chi connectivity index (χ3v) is 5.39. The van der Waals surface area contributed by atoms with E-state index in [2.05, 4.69) is 0 Å². The van der Waals surface area contributed by atoms with Crippen molar-refractivity contribution in [1.82, 2.24) is 0 Å². The van der Waals surface area contributed by atoms with Gasteiger partial charge in [-0.1, -0.05) is 12.8 Å². The van der Waals surface area contributed by atoms with Crippen LogP contribution in [-0.2, 0) is 30.1 Å². The summed E-state index contributed by atoms with van der Waals surface area (Å²) < 4.78 is 31.4. The second-order valence-electron chi connectivity index (χ2n) is 6.42. The Morgan fingerprint density at radius 2 is 1.39 bits per heavy atom. The molecule has 2 rings (SSSR count). The molecule has 1 N–H and O–H groups in total. The maximum absolute atomic E-state index is 12.1. The van der Waals surface area contributed by atoms with Crippen LogP contribution in [-0.4, -0.2) is 38.2 Å². The van der Waals surface area contributed by atoms with Crippen LogP contribution in [0.5, 0.6) is 0 Å². The van der Waals surface area contributed by atoms with Gasteiger partial charge in [-0.2, -0.15) is 0 Å². The second-order valence-corrected chi connectivity index (χ2v) is 7.54. The second kappa shape index (κ2) is 9.37. The minimum atomic E-state index is -2.44. The van der Waals surface area contributed by atoms with Gasteiger partial charge in [-0.05, 0) is 51.4 Å². The highest BCUT2D eigenvalue weighted by Crippen LogP contribution is 2.23. The molecule has 2 saturated carbocycles. The molecular formula is C16H26O6S. The molecule has 0 aromatic carbocycles. The van der Waals surface area contributed by atoms with Crippen molar-refractivity contribution < 1.29 is 27.8 Å². The van der Waals surface area contributed by atoms with Gasteiger partial charge in [0.15, 0.2) is 16.3 Å². The van der Waals surface area contributed by atoms with Crippen LogP contribution in [0.15, 0.2) is 0 Å². The molecule has 0 aromatic heterocycles. The molecule has 0 saturated heterocycles. The van der Waals surface area contributed by atoms with Crippen LogP contribution in [0.3, 0.4) is 0 Å². The Balaban J connectivity index is 1.82. The van der Waals surface area contributed by atoms with Gasteiger partial charge in [-0.15, -0.1) is 0 Å². The molecule has 132 valence electrons. The van der Waals surface area contributed by atoms with Crippen molar-refractivity contribution in [2.45, 2.75) is 88.1 Å². The van der Waals surface area contributed by atoms with Crippen molar-refractivity contribution >= 4 is 23.0 Å². The van der Waals surface area contributed by atoms with E-state index in [1.54, 1.807) is 0 Å². The van der Waals surface area contributed by atoms with Gasteiger partial charge < -0.3 is 14.0 Å². The van der Waals surface area contributed by atoms with Gasteiger partial charge in [0.25, 0.3) is 0 Å². The first-order valence-electron chi connectivity index (χ1n) is 8.56. The summed E-state index contributed by atoms with van der Waals surface area (Å²) in [5, 5.41) is -1.35. The summed E-state index contributed by atoms with van der Waals surface area (Å²) in [5.74, 6) is -1.36. The van der Waals surface area contributed by atoms with E-state index < -0.39 is 34.7 Å². The molecule has 0 radical (unpaired) electrons. The molecule has 23 heavy (non-hydrogen) atoms. The molecule has 0 heterocycles. The van der Waals surface area contributed by atoms with Crippen molar-refractivity contribution in [1.29, 1.82) is 0 Å². The SMILES string of the molecule is O=C(CC(C(=O)OC1CCCCC1)S(=O)O)OC1CCCCC1. The van der Waals surface area contributed by atoms with Crippen molar-refractivity contribution in [3.05, 3.63) is 0 Å². The summed E-state index contributed by atoms with van der Waals surface area (Å²) in [6.45, 7) is 0. The fraction of sp³-hybridized carbons (Fsp3) is 0.875. The summed E-state index contributed by atoms with van der Waals surface area (Å²) in [6.07, 6.45) is 8.79. The molecule has 2 aliphatic carbocycles. The highest BCUT2D eigenvalue weighted by molar-refractivity contribution is 7.80. The largest absolute Gasteiger partial charge is 0.462 e. The summed E-state index contributed by atoms with van der Waals surface area (Å²) in [4.78, 5) is 24.0. The molecule has 0 spiro atoms. The van der Waals surface area contributed by atoms with Crippen LogP contribution in [0.1, 0.15) is 70.6 Å². The van der Waals surface area contributed by atoms with E-state index in [0.717, 1.165) is 64.2 Å². The molecular weight excluding hydrogens is 320 g/mol. The number of carbonyl (C=O) groups excluding carboxylic acids is 2. The monoisotopic (exact) mass is 346 g/mol. The highest BCUT2D eigenvalue weighted by Gasteiger charge is 2.32. The van der Waals surface area contributed by atoms with Gasteiger partial charge in [0.05, 0.1) is 6.42 Å². The van der Waals surface area contributed by atoms with Gasteiger partial charge in [0.2, 0.25) is 0 Å². The van der Waals surface area contributed by atoms with Gasteiger partial charge in [-0.25, -0.2) is 4.21 Å². The Morgan fingerprint density at radius 3 is 1.87 bits per heavy atom. The molecule has 2 aliphatic rings. The maximum atomic E-state index is 12.1. The van der Waals surface area contributed by atoms with Crippen LogP contribution in [0.4, 0.5) is 0 Å². The van der Waals surface area contributed by atoms with Crippen LogP contribution in [0.25, 0.3) is 0 Å². The smallest absolute Gasteiger partial charge is 0.325 e. The number of rotatable bonds is 6. The first kappa shape index (κ1) is 18.4. The standard InChI is InChI=1S/C16H26O6S/c17-15(21-12-7-3-1-4-8-12)11-14(23(19)20)16(18)22-13-9-5-2-6-10-13/h12-14H,1-11H2,(H,19,20). The average molecular weight is 346 g/mol. The van der Waals surface area contributed by atoms with Gasteiger partial charge in [-0.3, -0.25) is 9.59 Å². The van der Waals surface area contributed by atoms with Gasteiger partial charge >= 0.3 is 11.9 Å². The molecule has 2 atom stereocenters. The molecule has 2 unspecified atom stereocenters. The lowest BCUT2D eigenvalue weighted by molar-refractivity contribution is -0.157. The fourth-order valence-corrected chi connectivity index (χ4v) is 3.73. The first-order chi connectivity index (χ1) is 11.1. The maximum Gasteiger partial charge on any atom is 0.325 e. The lowest BCUT2D eigenvalue weighted by atomic mass is 9.98. The summed E-state index contributed by atoms with van der Waals surface area (Å²) >= 11 is -2.44. The topological polar surface area (TPSA) is 89.9 Å². The normalized spacial score (nSPS) is 23.0. The molecule has 7 heteroatoms. The van der Waals surface area contributed by atoms with Crippen molar-refractivity contribution in [3.63, 3.8) is 0 Å². The van der Waals surface area contributed by atoms with E-state index in [9.17, 15) is 18.4 Å². The zero-order valence-electron chi connectivity index (χ0n) is 13.4. The van der Waals surface area contributed by atoms with E-state index in [0.29, 0.717) is 0 Å². The average Bonchev–Trinajstić information content (AvgIpc) is 2.54. The predicted molar refractivity (Wildman–Crippen MR) is 85.1 cm³/mol. The van der Waals surface area contributed by atoms with Crippen LogP contribution < -0.4 is 0 Å². The number of ether oxygens (including phenoxy) is 2. The van der Waals surface area contributed by atoms with E-state index in [1.165, 1.54) is 0 Å². The van der Waals surface area contributed by atoms with E-state index in [-0.39, 0.29) is 12.2 Å². The summed E-state index contributed by atoms with van der Waals surface area (Å²) in [5.41, 5.74) is 0. The minimum absolute atomic E-state index is 0.126. The molecule has 0 aliphatic heterocycles. The van der Waals surface area contributed by atoms with E-state index >= 15 is 0 Å². The summed E-state index contributed by atoms with van der Waals surface area (Å²) in [7, 11) is 0. The Morgan fingerprint density at radius 1 is 0.913 bits per heavy atom. The molecule has 6 nitrogen and oxygen atoms in total. The third-order valence-electron chi connectivity index (χ3n) is 4.54. The lowest BCUT2D eigenvalue weighted by Gasteiger charge is -2.24. The Labute approximate surface area is 139 Å². The number of esters is 2. The number of hydrogen-bond acceptors (Lipinski definition) is 5. The Bertz CT molecular complexity index is 426. The minimum Gasteiger partial charge on any atom is -0.462 e. The Hall–Kier alpha value is -0.950. The molecule has 0 bridgehead atoms. The molecule has 0 aromatic rings. The zero-order valence-corrected chi connectivity index (χ0v) is 14.2. The van der Waals surface area contributed by atoms with Crippen LogP contribution in [0.2, 0.25) is 0 Å². The van der Waals surface area contributed by atoms with Gasteiger partial charge in [0.1, 0.15) is 12.2 Å². The molecule has 2 fully saturated rings. The van der Waals surface area contributed by atoms with Crippen molar-refractivity contribution in [2.75, 3.05) is 0 Å². The third kappa shape index (κ3) is 6.22. The highest BCUT2D eigenvalue weighted by atomic mass is 32.2. The van der Waals surface area contributed by atoms with E-state index in [1.807, 2.05) is 0 Å². The predicted octanol–water partition coefficient (Wildman–Crippen LogP) is 2.72. The Kier molecular flexibility index (Phi) is 7.49. The summed E-state index contributed by atoms with van der Waals surface area (Å²) in [6, 6.07) is 0. The van der Waals surface area contributed by atoms with E-state index in [4.69, 9.17) is 9.47 Å². The molecule has 0 amide bonds. The van der Waals surface area contributed by atoms with Crippen LogP contribution >= 0.6 is 0 Å². The van der Waals surface area contributed by atoms with Crippen molar-refractivity contribution in [3.8, 4) is 0 Å². The lowest BCUT2D eigenvalue weighted by Crippen LogP contribution is -2.35. The quantitative estimate of drug-likeness (QED) is 0.587. The van der Waals surface area contributed by atoms with Crippen molar-refractivity contribution in [2.24, 2.45) is 0 Å². The number of carbonyl (C=O) groups is 2. The fourth-order valence-electron chi connectivity index (χ4n) is 3.23. The first-order valence-corrected chi connectivity index (χ1v) is 9.73. The van der Waals surface area contributed by atoms with Crippen LogP contribution in [0, 0.1) is 0 Å². The zero-order chi connectivity index (χ0) is 16.7. The number of hydrogen-bond donors (Lipinski definition) is 1. The van der Waals surface area contributed by atoms with Gasteiger partial charge in [0, 0.05) is 0 Å².